The average Bonchev–Trinajstić information content (AvgIpc) is 2.41. The van der Waals surface area contributed by atoms with E-state index in [1.807, 2.05) is 30.3 Å². The summed E-state index contributed by atoms with van der Waals surface area (Å²) in [6.07, 6.45) is 0.222. The molecule has 0 fully saturated rings. The van der Waals surface area contributed by atoms with Gasteiger partial charge >= 0.3 is 0 Å². The minimum atomic E-state index is -1.30. The van der Waals surface area contributed by atoms with Gasteiger partial charge in [-0.3, -0.25) is 20.4 Å². The van der Waals surface area contributed by atoms with E-state index in [1.54, 1.807) is 0 Å². The number of carboxylic acids is 1. The molecular formula is C13H15N2O4-. The molecule has 0 aliphatic carbocycles. The molecule has 0 heterocycles. The van der Waals surface area contributed by atoms with Crippen LogP contribution in [0.5, 0.6) is 0 Å². The molecule has 1 aromatic rings. The lowest BCUT2D eigenvalue weighted by Gasteiger charge is -2.07. The van der Waals surface area contributed by atoms with Crippen molar-refractivity contribution in [1.29, 1.82) is 0 Å². The van der Waals surface area contributed by atoms with Crippen LogP contribution in [0.1, 0.15) is 24.8 Å². The van der Waals surface area contributed by atoms with E-state index in [1.165, 1.54) is 0 Å². The van der Waals surface area contributed by atoms with Crippen LogP contribution in [0.4, 0.5) is 0 Å². The Balaban J connectivity index is 2.17. The van der Waals surface area contributed by atoms with E-state index in [9.17, 15) is 19.5 Å². The molecule has 19 heavy (non-hydrogen) atoms. The van der Waals surface area contributed by atoms with Crippen LogP contribution in [-0.4, -0.2) is 17.8 Å². The predicted octanol–water partition coefficient (Wildman–Crippen LogP) is -0.703. The summed E-state index contributed by atoms with van der Waals surface area (Å²) in [6, 6.07) is 9.47. The van der Waals surface area contributed by atoms with Crippen LogP contribution in [0, 0.1) is 0 Å². The van der Waals surface area contributed by atoms with Crippen LogP contribution in [0.2, 0.25) is 0 Å². The molecule has 0 aliphatic rings. The first kappa shape index (κ1) is 14.7. The summed E-state index contributed by atoms with van der Waals surface area (Å²) < 4.78 is 0. The second-order valence-corrected chi connectivity index (χ2v) is 3.95. The second kappa shape index (κ2) is 7.86. The highest BCUT2D eigenvalue weighted by Gasteiger charge is 2.05. The largest absolute Gasteiger partial charge is 0.550 e. The Bertz CT molecular complexity index is 445. The fraction of sp³-hybridized carbons (Fsp3) is 0.308. The maximum Gasteiger partial charge on any atom is 0.238 e. The molecule has 0 radical (unpaired) electrons. The van der Waals surface area contributed by atoms with E-state index in [0.29, 0.717) is 6.42 Å². The lowest BCUT2D eigenvalue weighted by Crippen LogP contribution is -2.42. The van der Waals surface area contributed by atoms with Crippen LogP contribution in [0.15, 0.2) is 30.3 Å². The van der Waals surface area contributed by atoms with Gasteiger partial charge in [-0.2, -0.15) is 0 Å². The Morgan fingerprint density at radius 1 is 0.895 bits per heavy atom. The maximum atomic E-state index is 11.4. The summed E-state index contributed by atoms with van der Waals surface area (Å²) in [5.41, 5.74) is 5.40. The molecule has 1 rings (SSSR count). The molecule has 1 aromatic carbocycles. The average molecular weight is 263 g/mol. The molecule has 0 aromatic heterocycles. The summed E-state index contributed by atoms with van der Waals surface area (Å²) in [5.74, 6) is -2.19. The van der Waals surface area contributed by atoms with Crippen LogP contribution < -0.4 is 16.0 Å². The van der Waals surface area contributed by atoms with E-state index in [0.717, 1.165) is 5.56 Å². The second-order valence-electron chi connectivity index (χ2n) is 3.95. The number of carbonyl (C=O) groups excluding carboxylic acids is 3. The third kappa shape index (κ3) is 6.82. The molecule has 0 bridgehead atoms. The van der Waals surface area contributed by atoms with Gasteiger partial charge in [0, 0.05) is 18.8 Å². The quantitative estimate of drug-likeness (QED) is 0.663. The van der Waals surface area contributed by atoms with E-state index >= 15 is 0 Å². The fourth-order valence-corrected chi connectivity index (χ4v) is 1.38. The summed E-state index contributed by atoms with van der Waals surface area (Å²) in [7, 11) is 0. The first-order valence-corrected chi connectivity index (χ1v) is 5.89. The summed E-state index contributed by atoms with van der Waals surface area (Å²) >= 11 is 0. The van der Waals surface area contributed by atoms with Crippen molar-refractivity contribution in [2.24, 2.45) is 0 Å². The normalized spacial score (nSPS) is 9.68. The predicted molar refractivity (Wildman–Crippen MR) is 65.3 cm³/mol. The van der Waals surface area contributed by atoms with Gasteiger partial charge in [0.1, 0.15) is 0 Å². The first-order chi connectivity index (χ1) is 9.08. The van der Waals surface area contributed by atoms with Crippen molar-refractivity contribution in [2.75, 3.05) is 0 Å². The summed E-state index contributed by atoms with van der Waals surface area (Å²) in [4.78, 5) is 32.6. The van der Waals surface area contributed by atoms with Crippen LogP contribution >= 0.6 is 0 Å². The monoisotopic (exact) mass is 263 g/mol. The Hall–Kier alpha value is -2.37. The van der Waals surface area contributed by atoms with E-state index in [2.05, 4.69) is 10.9 Å². The van der Waals surface area contributed by atoms with Gasteiger partial charge in [-0.05, 0) is 18.4 Å². The number of hydrazine groups is 1. The summed E-state index contributed by atoms with van der Waals surface area (Å²) in [5, 5.41) is 10.1. The van der Waals surface area contributed by atoms with Crippen LogP contribution in [0.25, 0.3) is 0 Å². The van der Waals surface area contributed by atoms with Crippen molar-refractivity contribution < 1.29 is 19.5 Å². The molecule has 0 spiro atoms. The number of benzene rings is 1. The van der Waals surface area contributed by atoms with Crippen molar-refractivity contribution in [3.05, 3.63) is 35.9 Å². The Labute approximate surface area is 110 Å². The maximum absolute atomic E-state index is 11.4. The highest BCUT2D eigenvalue weighted by Crippen LogP contribution is 2.01. The third-order valence-corrected chi connectivity index (χ3v) is 2.38. The molecule has 102 valence electrons. The lowest BCUT2D eigenvalue weighted by molar-refractivity contribution is -0.305. The zero-order valence-electron chi connectivity index (χ0n) is 10.3. The Morgan fingerprint density at radius 2 is 1.47 bits per heavy atom. The van der Waals surface area contributed by atoms with E-state index < -0.39 is 11.9 Å². The minimum Gasteiger partial charge on any atom is -0.550 e. The topological polar surface area (TPSA) is 98.3 Å². The SMILES string of the molecule is O=C([O-])CCC(=O)NNC(=O)CCc1ccccc1. The Morgan fingerprint density at radius 3 is 2.05 bits per heavy atom. The molecule has 0 aliphatic heterocycles. The molecule has 6 nitrogen and oxygen atoms in total. The molecule has 2 amide bonds. The molecule has 0 saturated carbocycles. The minimum absolute atomic E-state index is 0.221. The molecule has 2 N–H and O–H groups in total. The van der Waals surface area contributed by atoms with Gasteiger partial charge in [0.05, 0.1) is 0 Å². The smallest absolute Gasteiger partial charge is 0.238 e. The molecular weight excluding hydrogens is 248 g/mol. The van der Waals surface area contributed by atoms with Crippen molar-refractivity contribution in [1.82, 2.24) is 10.9 Å². The number of rotatable bonds is 6. The number of amides is 2. The number of aryl methyl sites for hydroxylation is 1. The highest BCUT2D eigenvalue weighted by molar-refractivity contribution is 5.83. The van der Waals surface area contributed by atoms with E-state index in [-0.39, 0.29) is 25.2 Å². The van der Waals surface area contributed by atoms with Gasteiger partial charge in [-0.25, -0.2) is 0 Å². The lowest BCUT2D eigenvalue weighted by atomic mass is 10.1. The zero-order valence-corrected chi connectivity index (χ0v) is 10.3. The van der Waals surface area contributed by atoms with Gasteiger partial charge < -0.3 is 9.90 Å². The van der Waals surface area contributed by atoms with Gasteiger partial charge in [0.25, 0.3) is 0 Å². The molecule has 6 heteroatoms. The number of nitrogens with one attached hydrogen (secondary N) is 2. The standard InChI is InChI=1S/C13H16N2O4/c16-11(7-6-10-4-2-1-3-5-10)14-15-12(17)8-9-13(18)19/h1-5H,6-9H2,(H,14,16)(H,15,17)(H,18,19)/p-1. The highest BCUT2D eigenvalue weighted by atomic mass is 16.4. The summed E-state index contributed by atoms with van der Waals surface area (Å²) in [6.45, 7) is 0. The number of aliphatic carboxylic acids is 1. The van der Waals surface area contributed by atoms with Crippen molar-refractivity contribution >= 4 is 17.8 Å². The zero-order chi connectivity index (χ0) is 14.1. The first-order valence-electron chi connectivity index (χ1n) is 5.89. The fourth-order valence-electron chi connectivity index (χ4n) is 1.38. The van der Waals surface area contributed by atoms with Crippen LogP contribution in [-0.2, 0) is 20.8 Å². The van der Waals surface area contributed by atoms with Gasteiger partial charge in [0.15, 0.2) is 0 Å². The van der Waals surface area contributed by atoms with Gasteiger partial charge in [-0.1, -0.05) is 30.3 Å². The number of carbonyl (C=O) groups is 3. The van der Waals surface area contributed by atoms with Crippen molar-refractivity contribution in [3.63, 3.8) is 0 Å². The number of hydrogen-bond acceptors (Lipinski definition) is 4. The molecule has 0 saturated heterocycles. The van der Waals surface area contributed by atoms with Gasteiger partial charge in [-0.15, -0.1) is 0 Å². The van der Waals surface area contributed by atoms with Crippen molar-refractivity contribution in [2.45, 2.75) is 25.7 Å². The van der Waals surface area contributed by atoms with E-state index in [4.69, 9.17) is 0 Å². The van der Waals surface area contributed by atoms with Gasteiger partial charge in [0.2, 0.25) is 11.8 Å². The Kier molecular flexibility index (Phi) is 6.08. The van der Waals surface area contributed by atoms with Crippen LogP contribution in [0.3, 0.4) is 0 Å². The molecule has 0 atom stereocenters. The third-order valence-electron chi connectivity index (χ3n) is 2.38. The molecule has 0 unspecified atom stereocenters. The van der Waals surface area contributed by atoms with Crippen molar-refractivity contribution in [3.8, 4) is 0 Å². The number of hydrogen-bond donors (Lipinski definition) is 2. The number of carboxylic acid groups (broad SMARTS) is 1.